The lowest BCUT2D eigenvalue weighted by Gasteiger charge is -2.06. The molecule has 0 aliphatic carbocycles. The summed E-state index contributed by atoms with van der Waals surface area (Å²) < 4.78 is 27.4. The Balaban J connectivity index is 2.25. The van der Waals surface area contributed by atoms with Crippen LogP contribution in [0.4, 0.5) is 0 Å². The Morgan fingerprint density at radius 3 is 2.52 bits per heavy atom. The van der Waals surface area contributed by atoms with Crippen LogP contribution in [0.15, 0.2) is 41.2 Å². The minimum Gasteiger partial charge on any atom is -0.264 e. The second-order valence-electron chi connectivity index (χ2n) is 4.40. The van der Waals surface area contributed by atoms with Gasteiger partial charge in [0.15, 0.2) is 0 Å². The minimum absolute atomic E-state index is 0.245. The Labute approximate surface area is 119 Å². The molecule has 1 aromatic heterocycles. The summed E-state index contributed by atoms with van der Waals surface area (Å²) in [4.78, 5) is 12.6. The van der Waals surface area contributed by atoms with Crippen molar-refractivity contribution in [2.45, 2.75) is 6.92 Å². The molecule has 7 nitrogen and oxygen atoms in total. The normalized spacial score (nSPS) is 11.9. The molecular formula is C13H11N3O4S. The zero-order chi connectivity index (χ0) is 15.0. The maximum atomic E-state index is 12.2. The molecule has 21 heavy (non-hydrogen) atoms. The summed E-state index contributed by atoms with van der Waals surface area (Å²) >= 11 is 0. The van der Waals surface area contributed by atoms with Crippen LogP contribution in [-0.2, 0) is 10.1 Å². The van der Waals surface area contributed by atoms with Gasteiger partial charge in [-0.25, -0.2) is 0 Å². The van der Waals surface area contributed by atoms with Gasteiger partial charge in [-0.05, 0) is 39.9 Å². The second-order valence-corrected chi connectivity index (χ2v) is 6.25. The fourth-order valence-corrected chi connectivity index (χ4v) is 2.34. The number of hydrogen-bond acceptors (Lipinski definition) is 6. The lowest BCUT2D eigenvalue weighted by molar-refractivity contribution is 0.216. The fraction of sp³-hybridized carbons (Fsp3) is 0.154. The maximum absolute atomic E-state index is 12.2. The molecule has 0 fully saturated rings. The van der Waals surface area contributed by atoms with Crippen molar-refractivity contribution in [2.75, 3.05) is 5.75 Å². The predicted octanol–water partition coefficient (Wildman–Crippen LogP) is 0.723. The third-order valence-corrected chi connectivity index (χ3v) is 4.12. The van der Waals surface area contributed by atoms with Gasteiger partial charge in [-0.15, -0.1) is 5.10 Å². The third-order valence-electron chi connectivity index (χ3n) is 3.04. The van der Waals surface area contributed by atoms with Crippen LogP contribution in [-0.4, -0.2) is 29.3 Å². The summed E-state index contributed by atoms with van der Waals surface area (Å²) in [6.45, 7) is 1.41. The summed E-state index contributed by atoms with van der Waals surface area (Å²) in [5.41, 5.74) is -0.282. The molecule has 8 heteroatoms. The molecule has 2 aromatic carbocycles. The lowest BCUT2D eigenvalue weighted by atomic mass is 10.1. The quantitative estimate of drug-likeness (QED) is 0.662. The molecular weight excluding hydrogens is 294 g/mol. The molecule has 0 saturated heterocycles. The van der Waals surface area contributed by atoms with Gasteiger partial charge in [-0.2, -0.15) is 8.42 Å². The molecule has 0 aliphatic heterocycles. The van der Waals surface area contributed by atoms with Gasteiger partial charge in [-0.1, -0.05) is 24.3 Å². The molecule has 0 spiro atoms. The first-order chi connectivity index (χ1) is 10.00. The van der Waals surface area contributed by atoms with E-state index in [1.54, 1.807) is 12.1 Å². The highest BCUT2D eigenvalue weighted by molar-refractivity contribution is 7.86. The van der Waals surface area contributed by atoms with Crippen LogP contribution in [0.5, 0.6) is 0 Å². The zero-order valence-electron chi connectivity index (χ0n) is 11.1. The lowest BCUT2D eigenvalue weighted by Crippen LogP contribution is -2.34. The van der Waals surface area contributed by atoms with Gasteiger partial charge in [0.1, 0.15) is 5.52 Å². The summed E-state index contributed by atoms with van der Waals surface area (Å²) in [5, 5.41) is 9.34. The Bertz CT molecular complexity index is 995. The Kier molecular flexibility index (Phi) is 3.09. The van der Waals surface area contributed by atoms with E-state index in [0.717, 1.165) is 10.8 Å². The first-order valence-corrected chi connectivity index (χ1v) is 7.79. The molecule has 0 radical (unpaired) electrons. The molecule has 0 aliphatic rings. The predicted molar refractivity (Wildman–Crippen MR) is 77.3 cm³/mol. The Morgan fingerprint density at radius 1 is 1.19 bits per heavy atom. The first-order valence-electron chi connectivity index (χ1n) is 6.21. The standard InChI is InChI=1S/C13H11N3O4S/c1-2-21(18,19)20-16-13(17)11-7-9-5-3-4-6-10(9)8-12(11)14-15-16/h3-8H,2H2,1H3. The van der Waals surface area contributed by atoms with Crippen molar-refractivity contribution in [3.05, 3.63) is 46.8 Å². The van der Waals surface area contributed by atoms with Crippen LogP contribution in [0.1, 0.15) is 6.92 Å². The number of rotatable bonds is 3. The van der Waals surface area contributed by atoms with E-state index in [4.69, 9.17) is 0 Å². The monoisotopic (exact) mass is 305 g/mol. The van der Waals surface area contributed by atoms with Crippen molar-refractivity contribution in [2.24, 2.45) is 0 Å². The number of benzene rings is 2. The van der Waals surface area contributed by atoms with E-state index in [9.17, 15) is 13.2 Å². The minimum atomic E-state index is -3.85. The van der Waals surface area contributed by atoms with Crippen molar-refractivity contribution in [3.63, 3.8) is 0 Å². The van der Waals surface area contributed by atoms with Crippen molar-refractivity contribution in [3.8, 4) is 0 Å². The summed E-state index contributed by atoms with van der Waals surface area (Å²) in [6, 6.07) is 10.8. The highest BCUT2D eigenvalue weighted by Crippen LogP contribution is 2.18. The van der Waals surface area contributed by atoms with Gasteiger partial charge >= 0.3 is 15.7 Å². The first kappa shape index (κ1) is 13.5. The van der Waals surface area contributed by atoms with Crippen molar-refractivity contribution in [1.29, 1.82) is 0 Å². The third kappa shape index (κ3) is 2.45. The molecule has 0 atom stereocenters. The van der Waals surface area contributed by atoms with E-state index in [1.807, 2.05) is 24.3 Å². The van der Waals surface area contributed by atoms with Gasteiger partial charge < -0.3 is 0 Å². The van der Waals surface area contributed by atoms with Crippen LogP contribution in [0.2, 0.25) is 0 Å². The molecule has 1 heterocycles. The van der Waals surface area contributed by atoms with E-state index >= 15 is 0 Å². The van der Waals surface area contributed by atoms with Crippen molar-refractivity contribution < 1.29 is 12.7 Å². The topological polar surface area (TPSA) is 91.2 Å². The van der Waals surface area contributed by atoms with E-state index in [0.29, 0.717) is 10.4 Å². The van der Waals surface area contributed by atoms with E-state index in [2.05, 4.69) is 14.6 Å². The van der Waals surface area contributed by atoms with E-state index in [1.165, 1.54) is 6.92 Å². The van der Waals surface area contributed by atoms with Gasteiger partial charge in [0, 0.05) is 0 Å². The maximum Gasteiger partial charge on any atom is 0.328 e. The van der Waals surface area contributed by atoms with Crippen molar-refractivity contribution in [1.82, 2.24) is 15.2 Å². The Morgan fingerprint density at radius 2 is 1.86 bits per heavy atom. The number of fused-ring (bicyclic) bond motifs is 2. The average molecular weight is 305 g/mol. The van der Waals surface area contributed by atoms with Gasteiger partial charge in [-0.3, -0.25) is 9.08 Å². The molecule has 0 bridgehead atoms. The van der Waals surface area contributed by atoms with Gasteiger partial charge in [0.2, 0.25) is 0 Å². The highest BCUT2D eigenvalue weighted by atomic mass is 32.2. The van der Waals surface area contributed by atoms with Gasteiger partial charge in [0.25, 0.3) is 0 Å². The van der Waals surface area contributed by atoms with Crippen LogP contribution in [0, 0.1) is 0 Å². The molecule has 0 amide bonds. The zero-order valence-corrected chi connectivity index (χ0v) is 11.9. The Hall–Kier alpha value is -2.48. The number of nitrogens with zero attached hydrogens (tertiary/aromatic N) is 3. The average Bonchev–Trinajstić information content (AvgIpc) is 2.49. The summed E-state index contributed by atoms with van der Waals surface area (Å²) in [6.07, 6.45) is 0. The summed E-state index contributed by atoms with van der Waals surface area (Å²) in [5.74, 6) is -0.267. The van der Waals surface area contributed by atoms with E-state index < -0.39 is 15.7 Å². The van der Waals surface area contributed by atoms with Gasteiger partial charge in [0.05, 0.1) is 11.1 Å². The molecule has 0 unspecified atom stereocenters. The number of hydrogen-bond donors (Lipinski definition) is 0. The van der Waals surface area contributed by atoms with E-state index in [-0.39, 0.29) is 11.1 Å². The largest absolute Gasteiger partial charge is 0.328 e. The molecule has 0 N–H and O–H groups in total. The van der Waals surface area contributed by atoms with Crippen LogP contribution >= 0.6 is 0 Å². The molecule has 3 aromatic rings. The van der Waals surface area contributed by atoms with Crippen LogP contribution in [0.25, 0.3) is 21.7 Å². The van der Waals surface area contributed by atoms with Crippen LogP contribution < -0.4 is 9.84 Å². The second kappa shape index (κ2) is 4.81. The summed E-state index contributed by atoms with van der Waals surface area (Å²) in [7, 11) is -3.85. The molecule has 3 rings (SSSR count). The SMILES string of the molecule is CCS(=O)(=O)On1nnc2cc3ccccc3cc2c1=O. The van der Waals surface area contributed by atoms with Crippen molar-refractivity contribution >= 4 is 31.8 Å². The molecule has 108 valence electrons. The fourth-order valence-electron chi connectivity index (χ4n) is 1.92. The number of aromatic nitrogens is 3. The molecule has 0 saturated carbocycles. The van der Waals surface area contributed by atoms with Crippen LogP contribution in [0.3, 0.4) is 0 Å². The highest BCUT2D eigenvalue weighted by Gasteiger charge is 2.14. The smallest absolute Gasteiger partial charge is 0.264 e.